The molecule has 0 saturated heterocycles. The molecule has 8 nitrogen and oxygen atoms in total. The molecule has 5 aromatic rings. The summed E-state index contributed by atoms with van der Waals surface area (Å²) in [5, 5.41) is 6.98. The summed E-state index contributed by atoms with van der Waals surface area (Å²) in [6, 6.07) is 23.0. The van der Waals surface area contributed by atoms with Gasteiger partial charge < -0.3 is 15.6 Å². The third-order valence-corrected chi connectivity index (χ3v) is 5.68. The molecule has 0 fully saturated rings. The molecule has 0 unspecified atom stereocenters. The Balaban J connectivity index is 1.37. The number of hydrogen-bond acceptors (Lipinski definition) is 5. The highest BCUT2D eigenvalue weighted by Gasteiger charge is 2.15. The molecule has 0 aliphatic heterocycles. The summed E-state index contributed by atoms with van der Waals surface area (Å²) in [6.45, 7) is 0.635. The van der Waals surface area contributed by atoms with E-state index in [0.717, 1.165) is 27.7 Å². The Bertz CT molecular complexity index is 1480. The first-order valence-corrected chi connectivity index (χ1v) is 11.3. The Hall–Kier alpha value is -4.72. The highest BCUT2D eigenvalue weighted by atomic mass is 16.2. The van der Waals surface area contributed by atoms with Crippen LogP contribution in [0.15, 0.2) is 96.2 Å². The molecule has 174 valence electrons. The summed E-state index contributed by atoms with van der Waals surface area (Å²) in [5.41, 5.74) is 3.87. The van der Waals surface area contributed by atoms with Crippen LogP contribution in [0.5, 0.6) is 0 Å². The van der Waals surface area contributed by atoms with Gasteiger partial charge in [-0.1, -0.05) is 60.7 Å². The van der Waals surface area contributed by atoms with Gasteiger partial charge in [-0.25, -0.2) is 4.98 Å². The zero-order chi connectivity index (χ0) is 24.0. The lowest BCUT2D eigenvalue weighted by atomic mass is 10.1. The summed E-state index contributed by atoms with van der Waals surface area (Å²) in [7, 11) is 0. The first kappa shape index (κ1) is 22.1. The van der Waals surface area contributed by atoms with E-state index in [1.54, 1.807) is 18.6 Å². The standard InChI is InChI=1S/C27H24N6O2/c34-25(29-16-22-13-21-15-28-12-11-23(21)32-22)18-33-24(20-9-5-2-6-10-20)17-31-26(27(33)35)30-14-19-7-3-1-4-8-19/h1-13,15,17,32H,14,16,18H2,(H,29,34)(H,30,31). The second kappa shape index (κ2) is 10.0. The molecule has 0 radical (unpaired) electrons. The predicted octanol–water partition coefficient (Wildman–Crippen LogP) is 3.72. The zero-order valence-electron chi connectivity index (χ0n) is 18.9. The number of rotatable bonds is 8. The Morgan fingerprint density at radius 3 is 2.49 bits per heavy atom. The summed E-state index contributed by atoms with van der Waals surface area (Å²) < 4.78 is 1.46. The second-order valence-corrected chi connectivity index (χ2v) is 8.12. The number of carbonyl (C=O) groups is 1. The number of anilines is 1. The fraction of sp³-hybridized carbons (Fsp3) is 0.111. The van der Waals surface area contributed by atoms with Crippen molar-refractivity contribution in [2.24, 2.45) is 0 Å². The number of amides is 1. The number of carbonyl (C=O) groups excluding carboxylic acids is 1. The predicted molar refractivity (Wildman–Crippen MR) is 136 cm³/mol. The number of H-pyrrole nitrogens is 1. The summed E-state index contributed by atoms with van der Waals surface area (Å²) >= 11 is 0. The monoisotopic (exact) mass is 464 g/mol. The maximum atomic E-state index is 13.4. The van der Waals surface area contributed by atoms with Crippen LogP contribution >= 0.6 is 0 Å². The highest BCUT2D eigenvalue weighted by molar-refractivity contribution is 5.80. The van der Waals surface area contributed by atoms with Crippen LogP contribution in [0.2, 0.25) is 0 Å². The fourth-order valence-corrected chi connectivity index (χ4v) is 3.91. The minimum absolute atomic E-state index is 0.132. The van der Waals surface area contributed by atoms with Crippen molar-refractivity contribution in [3.63, 3.8) is 0 Å². The van der Waals surface area contributed by atoms with Gasteiger partial charge in [-0.15, -0.1) is 0 Å². The third kappa shape index (κ3) is 5.11. The number of nitrogens with one attached hydrogen (secondary N) is 3. The Morgan fingerprint density at radius 2 is 1.71 bits per heavy atom. The number of fused-ring (bicyclic) bond motifs is 1. The van der Waals surface area contributed by atoms with Gasteiger partial charge in [-0.2, -0.15) is 0 Å². The van der Waals surface area contributed by atoms with Crippen LogP contribution in [0.25, 0.3) is 22.2 Å². The molecule has 3 N–H and O–H groups in total. The topological polar surface area (TPSA) is 105 Å². The third-order valence-electron chi connectivity index (χ3n) is 5.68. The maximum Gasteiger partial charge on any atom is 0.294 e. The van der Waals surface area contributed by atoms with Crippen LogP contribution in [-0.4, -0.2) is 25.4 Å². The van der Waals surface area contributed by atoms with Crippen molar-refractivity contribution in [1.82, 2.24) is 24.8 Å². The summed E-state index contributed by atoms with van der Waals surface area (Å²) in [5.74, 6) is -0.0780. The van der Waals surface area contributed by atoms with Crippen molar-refractivity contribution in [3.8, 4) is 11.3 Å². The summed E-state index contributed by atoms with van der Waals surface area (Å²) in [6.07, 6.45) is 5.11. The van der Waals surface area contributed by atoms with Crippen LogP contribution in [0, 0.1) is 0 Å². The molecule has 3 aromatic heterocycles. The van der Waals surface area contributed by atoms with E-state index in [1.165, 1.54) is 4.57 Å². The van der Waals surface area contributed by atoms with Crippen molar-refractivity contribution in [2.45, 2.75) is 19.6 Å². The molecule has 3 heterocycles. The lowest BCUT2D eigenvalue weighted by molar-refractivity contribution is -0.121. The molecular weight excluding hydrogens is 440 g/mol. The molecule has 0 bridgehead atoms. The van der Waals surface area contributed by atoms with Crippen LogP contribution < -0.4 is 16.2 Å². The number of nitrogens with zero attached hydrogens (tertiary/aromatic N) is 3. The van der Waals surface area contributed by atoms with E-state index in [9.17, 15) is 9.59 Å². The SMILES string of the molecule is O=C(Cn1c(-c2ccccc2)cnc(NCc2ccccc2)c1=O)NCc1cc2cnccc2[nH]1. The average molecular weight is 465 g/mol. The van der Waals surface area contributed by atoms with Gasteiger partial charge in [0.2, 0.25) is 5.91 Å². The minimum Gasteiger partial charge on any atom is -0.361 e. The smallest absolute Gasteiger partial charge is 0.294 e. The number of aromatic nitrogens is 4. The number of aromatic amines is 1. The first-order chi connectivity index (χ1) is 17.2. The number of pyridine rings is 1. The lowest BCUT2D eigenvalue weighted by Gasteiger charge is -2.15. The van der Waals surface area contributed by atoms with Gasteiger partial charge in [0.05, 0.1) is 18.4 Å². The Morgan fingerprint density at radius 1 is 0.943 bits per heavy atom. The van der Waals surface area contributed by atoms with Gasteiger partial charge in [0.15, 0.2) is 5.82 Å². The van der Waals surface area contributed by atoms with E-state index < -0.39 is 0 Å². The maximum absolute atomic E-state index is 13.4. The Labute approximate surface area is 201 Å². The van der Waals surface area contributed by atoms with Crippen LogP contribution in [0.4, 0.5) is 5.82 Å². The molecule has 0 aliphatic rings. The zero-order valence-corrected chi connectivity index (χ0v) is 18.9. The van der Waals surface area contributed by atoms with Gasteiger partial charge in [-0.05, 0) is 23.3 Å². The van der Waals surface area contributed by atoms with Crippen molar-refractivity contribution < 1.29 is 4.79 Å². The van der Waals surface area contributed by atoms with Crippen molar-refractivity contribution in [3.05, 3.63) is 113 Å². The molecule has 5 rings (SSSR count). The largest absolute Gasteiger partial charge is 0.361 e. The van der Waals surface area contributed by atoms with E-state index in [2.05, 4.69) is 25.6 Å². The first-order valence-electron chi connectivity index (χ1n) is 11.3. The molecule has 1 amide bonds. The Kier molecular flexibility index (Phi) is 6.34. The number of benzene rings is 2. The van der Waals surface area contributed by atoms with E-state index in [-0.39, 0.29) is 23.8 Å². The van der Waals surface area contributed by atoms with Gasteiger partial charge >= 0.3 is 0 Å². The molecule has 0 aliphatic carbocycles. The van der Waals surface area contributed by atoms with Crippen molar-refractivity contribution in [1.29, 1.82) is 0 Å². The van der Waals surface area contributed by atoms with Gasteiger partial charge in [0.1, 0.15) is 6.54 Å². The second-order valence-electron chi connectivity index (χ2n) is 8.12. The van der Waals surface area contributed by atoms with Crippen LogP contribution in [-0.2, 0) is 24.4 Å². The van der Waals surface area contributed by atoms with E-state index >= 15 is 0 Å². The molecule has 0 atom stereocenters. The quantitative estimate of drug-likeness (QED) is 0.325. The van der Waals surface area contributed by atoms with E-state index in [0.29, 0.717) is 18.8 Å². The molecule has 8 heteroatoms. The summed E-state index contributed by atoms with van der Waals surface area (Å²) in [4.78, 5) is 38.0. The molecule has 35 heavy (non-hydrogen) atoms. The normalized spacial score (nSPS) is 10.9. The minimum atomic E-state index is -0.353. The van der Waals surface area contributed by atoms with Crippen molar-refractivity contribution >= 4 is 22.6 Å². The average Bonchev–Trinajstić information content (AvgIpc) is 3.32. The van der Waals surface area contributed by atoms with Crippen LogP contribution in [0.1, 0.15) is 11.3 Å². The van der Waals surface area contributed by atoms with E-state index in [1.807, 2.05) is 72.8 Å². The lowest BCUT2D eigenvalue weighted by Crippen LogP contribution is -2.34. The molecule has 0 spiro atoms. The van der Waals surface area contributed by atoms with E-state index in [4.69, 9.17) is 0 Å². The van der Waals surface area contributed by atoms with Crippen molar-refractivity contribution in [2.75, 3.05) is 5.32 Å². The molecular formula is C27H24N6O2. The fourth-order valence-electron chi connectivity index (χ4n) is 3.91. The van der Waals surface area contributed by atoms with Gasteiger partial charge in [0.25, 0.3) is 5.56 Å². The molecule has 0 saturated carbocycles. The molecule has 2 aromatic carbocycles. The highest BCUT2D eigenvalue weighted by Crippen LogP contribution is 2.18. The number of hydrogen-bond donors (Lipinski definition) is 3. The van der Waals surface area contributed by atoms with Gasteiger partial charge in [-0.3, -0.25) is 19.1 Å². The van der Waals surface area contributed by atoms with Gasteiger partial charge in [0, 0.05) is 35.5 Å². The van der Waals surface area contributed by atoms with Crippen LogP contribution in [0.3, 0.4) is 0 Å².